The van der Waals surface area contributed by atoms with Crippen LogP contribution in [0.4, 0.5) is 5.82 Å². The van der Waals surface area contributed by atoms with Crippen LogP contribution in [0.2, 0.25) is 0 Å². The van der Waals surface area contributed by atoms with Gasteiger partial charge in [0.15, 0.2) is 17.7 Å². The first kappa shape index (κ1) is 17.5. The van der Waals surface area contributed by atoms with E-state index in [1.807, 2.05) is 24.3 Å². The zero-order valence-electron chi connectivity index (χ0n) is 14.8. The first-order valence-corrected chi connectivity index (χ1v) is 8.89. The molecular formula is C17H18BN5O5. The second-order valence-corrected chi connectivity index (χ2v) is 6.76. The fourth-order valence-electron chi connectivity index (χ4n) is 3.73. The van der Waals surface area contributed by atoms with Crippen LogP contribution in [0.25, 0.3) is 11.2 Å². The van der Waals surface area contributed by atoms with Crippen LogP contribution in [0.5, 0.6) is 0 Å². The van der Waals surface area contributed by atoms with E-state index < -0.39 is 31.7 Å². The molecule has 4 heterocycles. The van der Waals surface area contributed by atoms with E-state index in [0.717, 1.165) is 11.0 Å². The maximum absolute atomic E-state index is 10.9. The van der Waals surface area contributed by atoms with Gasteiger partial charge in [0.1, 0.15) is 30.2 Å². The summed E-state index contributed by atoms with van der Waals surface area (Å²) in [4.78, 5) is 12.3. The average molecular weight is 383 g/mol. The van der Waals surface area contributed by atoms with Crippen LogP contribution in [0.1, 0.15) is 11.8 Å². The molecule has 4 atom stereocenters. The first-order valence-electron chi connectivity index (χ1n) is 8.89. The molecule has 2 aliphatic rings. The van der Waals surface area contributed by atoms with E-state index in [1.165, 1.54) is 12.7 Å². The third-order valence-electron chi connectivity index (χ3n) is 5.13. The minimum atomic E-state index is -1.08. The highest BCUT2D eigenvalue weighted by Gasteiger charge is 2.48. The molecule has 144 valence electrons. The lowest BCUT2D eigenvalue weighted by Crippen LogP contribution is -2.44. The second kappa shape index (κ2) is 6.80. The molecule has 2 aliphatic heterocycles. The number of nitrogen functional groups attached to an aromatic ring is 1. The van der Waals surface area contributed by atoms with Gasteiger partial charge in [0.05, 0.1) is 19.5 Å². The van der Waals surface area contributed by atoms with E-state index in [-0.39, 0.29) is 12.4 Å². The molecule has 0 spiro atoms. The Hall–Kier alpha value is -2.57. The summed E-state index contributed by atoms with van der Waals surface area (Å²) in [7, 11) is -0.634. The highest BCUT2D eigenvalue weighted by Crippen LogP contribution is 2.34. The Morgan fingerprint density at radius 1 is 1.29 bits per heavy atom. The smallest absolute Gasteiger partial charge is 0.403 e. The number of aliphatic hydroxyl groups excluding tert-OH is 2. The Bertz CT molecular complexity index is 1020. The summed E-state index contributed by atoms with van der Waals surface area (Å²) in [5.41, 5.74) is 8.61. The van der Waals surface area contributed by atoms with E-state index in [4.69, 9.17) is 19.8 Å². The van der Waals surface area contributed by atoms with Crippen molar-refractivity contribution in [2.75, 3.05) is 12.3 Å². The summed E-state index contributed by atoms with van der Waals surface area (Å²) >= 11 is 0. The number of fused-ring (bicyclic) bond motifs is 2. The standard InChI is InChI=1S/C17H18BN5O5/c19-15-12-16(21-7-20-15)23(8-22-12)17-13(25)14(11(5-24)27-17)28-18-10-4-2-1-3-9(10)6-26-18/h1-4,7-8,11,13-14,17,24-25H,5-6H2,(H2,19,20,21)/t11-,13?,14+,17-/m1/s1. The summed E-state index contributed by atoms with van der Waals surface area (Å²) in [6.07, 6.45) is -0.685. The zero-order chi connectivity index (χ0) is 19.3. The number of imidazole rings is 1. The zero-order valence-corrected chi connectivity index (χ0v) is 14.8. The number of rotatable bonds is 4. The van der Waals surface area contributed by atoms with Gasteiger partial charge in [0.25, 0.3) is 0 Å². The fraction of sp³-hybridized carbons (Fsp3) is 0.353. The number of nitrogens with two attached hydrogens (primary N) is 1. The Balaban J connectivity index is 1.43. The second-order valence-electron chi connectivity index (χ2n) is 6.76. The maximum atomic E-state index is 10.9. The van der Waals surface area contributed by atoms with Crippen molar-refractivity contribution in [1.82, 2.24) is 19.5 Å². The Labute approximate surface area is 160 Å². The number of aromatic nitrogens is 4. The van der Waals surface area contributed by atoms with E-state index >= 15 is 0 Å². The molecule has 1 fully saturated rings. The Morgan fingerprint density at radius 2 is 2.14 bits per heavy atom. The largest absolute Gasteiger partial charge is 0.494 e. The Kier molecular flexibility index (Phi) is 4.25. The predicted molar refractivity (Wildman–Crippen MR) is 98.2 cm³/mol. The lowest BCUT2D eigenvalue weighted by molar-refractivity contribution is -0.0508. The van der Waals surface area contributed by atoms with Gasteiger partial charge in [-0.05, 0) is 11.0 Å². The molecule has 0 aliphatic carbocycles. The van der Waals surface area contributed by atoms with Crippen molar-refractivity contribution in [2.24, 2.45) is 0 Å². The van der Waals surface area contributed by atoms with Crippen molar-refractivity contribution in [2.45, 2.75) is 31.1 Å². The van der Waals surface area contributed by atoms with Crippen molar-refractivity contribution in [3.05, 3.63) is 42.5 Å². The summed E-state index contributed by atoms with van der Waals surface area (Å²) in [6.45, 7) is 0.108. The third-order valence-corrected chi connectivity index (χ3v) is 5.13. The van der Waals surface area contributed by atoms with E-state index in [1.54, 1.807) is 4.57 Å². The molecule has 2 aromatic heterocycles. The minimum Gasteiger partial charge on any atom is -0.403 e. The Morgan fingerprint density at radius 3 is 3.00 bits per heavy atom. The molecule has 0 amide bonds. The topological polar surface area (TPSA) is 138 Å². The molecule has 10 nitrogen and oxygen atoms in total. The average Bonchev–Trinajstić information content (AvgIpc) is 3.40. The number of hydrogen-bond donors (Lipinski definition) is 3. The van der Waals surface area contributed by atoms with Gasteiger partial charge < -0.3 is 30.0 Å². The summed E-state index contributed by atoms with van der Waals surface area (Å²) in [5.74, 6) is 0.235. The van der Waals surface area contributed by atoms with Gasteiger partial charge >= 0.3 is 7.12 Å². The molecule has 0 bridgehead atoms. The van der Waals surface area contributed by atoms with Crippen LogP contribution in [-0.2, 0) is 20.7 Å². The molecule has 1 aromatic carbocycles. The van der Waals surface area contributed by atoms with Gasteiger partial charge in [-0.15, -0.1) is 0 Å². The number of ether oxygens (including phenoxy) is 1. The van der Waals surface area contributed by atoms with Crippen LogP contribution in [-0.4, -0.2) is 61.8 Å². The van der Waals surface area contributed by atoms with E-state index in [2.05, 4.69) is 15.0 Å². The van der Waals surface area contributed by atoms with Gasteiger partial charge in [-0.2, -0.15) is 0 Å². The third kappa shape index (κ3) is 2.67. The van der Waals surface area contributed by atoms with Crippen LogP contribution in [0.15, 0.2) is 36.9 Å². The van der Waals surface area contributed by atoms with Crippen molar-refractivity contribution in [3.63, 3.8) is 0 Å². The molecule has 0 saturated carbocycles. The molecule has 28 heavy (non-hydrogen) atoms. The quantitative estimate of drug-likeness (QED) is 0.483. The number of hydrogen-bond acceptors (Lipinski definition) is 9. The summed E-state index contributed by atoms with van der Waals surface area (Å²) in [6, 6.07) is 7.72. The maximum Gasteiger partial charge on any atom is 0.494 e. The monoisotopic (exact) mass is 383 g/mol. The number of nitrogens with zero attached hydrogens (tertiary/aromatic N) is 4. The number of aliphatic hydroxyl groups is 2. The van der Waals surface area contributed by atoms with Crippen LogP contribution < -0.4 is 11.2 Å². The first-order chi connectivity index (χ1) is 13.7. The molecule has 11 heteroatoms. The normalized spacial score (nSPS) is 26.9. The van der Waals surface area contributed by atoms with Crippen LogP contribution >= 0.6 is 0 Å². The number of benzene rings is 1. The van der Waals surface area contributed by atoms with Gasteiger partial charge in [0, 0.05) is 0 Å². The summed E-state index contributed by atoms with van der Waals surface area (Å²) < 4.78 is 19.2. The van der Waals surface area contributed by atoms with Gasteiger partial charge in [-0.25, -0.2) is 15.0 Å². The lowest BCUT2D eigenvalue weighted by Gasteiger charge is -2.22. The minimum absolute atomic E-state index is 0.235. The van der Waals surface area contributed by atoms with Crippen molar-refractivity contribution in [3.8, 4) is 0 Å². The molecule has 5 rings (SSSR count). The summed E-state index contributed by atoms with van der Waals surface area (Å²) in [5, 5.41) is 20.7. The van der Waals surface area contributed by atoms with Crippen molar-refractivity contribution >= 4 is 29.6 Å². The van der Waals surface area contributed by atoms with Gasteiger partial charge in [-0.3, -0.25) is 4.57 Å². The molecule has 1 unspecified atom stereocenters. The lowest BCUT2D eigenvalue weighted by atomic mass is 9.78. The van der Waals surface area contributed by atoms with E-state index in [0.29, 0.717) is 17.8 Å². The van der Waals surface area contributed by atoms with Crippen molar-refractivity contribution < 1.29 is 24.3 Å². The van der Waals surface area contributed by atoms with Crippen LogP contribution in [0.3, 0.4) is 0 Å². The molecule has 4 N–H and O–H groups in total. The fourth-order valence-corrected chi connectivity index (χ4v) is 3.73. The van der Waals surface area contributed by atoms with Gasteiger partial charge in [-0.1, -0.05) is 24.3 Å². The molecule has 3 aromatic rings. The molecule has 1 saturated heterocycles. The molecule has 0 radical (unpaired) electrons. The van der Waals surface area contributed by atoms with Gasteiger partial charge in [0.2, 0.25) is 0 Å². The van der Waals surface area contributed by atoms with Crippen LogP contribution in [0, 0.1) is 0 Å². The highest BCUT2D eigenvalue weighted by molar-refractivity contribution is 6.62. The molecular weight excluding hydrogens is 365 g/mol. The van der Waals surface area contributed by atoms with Crippen molar-refractivity contribution in [1.29, 1.82) is 0 Å². The predicted octanol–water partition coefficient (Wildman–Crippen LogP) is -1.03. The highest BCUT2D eigenvalue weighted by atomic mass is 16.6. The van der Waals surface area contributed by atoms with E-state index in [9.17, 15) is 10.2 Å². The number of anilines is 1. The SMILES string of the molecule is Nc1ncnc2c1ncn2[C@@H]1O[C@H](CO)[C@H](OB2OCc3ccccc32)C1O.